The Balaban J connectivity index is 2.26. The maximum Gasteiger partial charge on any atom is 0.334 e. The first-order chi connectivity index (χ1) is 10.5. The zero-order valence-electron chi connectivity index (χ0n) is 14.2. The predicted octanol–water partition coefficient (Wildman–Crippen LogP) is 5.13. The molecule has 1 unspecified atom stereocenters. The Bertz CT molecular complexity index is 530. The summed E-state index contributed by atoms with van der Waals surface area (Å²) in [5, 5.41) is 0. The van der Waals surface area contributed by atoms with Gasteiger partial charge in [-0.05, 0) is 52.9 Å². The molecule has 2 rings (SSSR count). The predicted molar refractivity (Wildman–Crippen MR) is 91.4 cm³/mol. The van der Waals surface area contributed by atoms with Gasteiger partial charge in [-0.25, -0.2) is 4.79 Å². The Morgan fingerprint density at radius 2 is 2.14 bits per heavy atom. The van der Waals surface area contributed by atoms with Crippen LogP contribution in [0.2, 0.25) is 0 Å². The fourth-order valence-corrected chi connectivity index (χ4v) is 3.32. The molecule has 0 bridgehead atoms. The van der Waals surface area contributed by atoms with Crippen LogP contribution < -0.4 is 0 Å². The minimum Gasteiger partial charge on any atom is -0.462 e. The third-order valence-corrected chi connectivity index (χ3v) is 4.71. The molecule has 0 amide bonds. The van der Waals surface area contributed by atoms with Crippen molar-refractivity contribution >= 4 is 5.97 Å². The van der Waals surface area contributed by atoms with Gasteiger partial charge in [-0.3, -0.25) is 0 Å². The normalized spacial score (nSPS) is 30.3. The second kappa shape index (κ2) is 7.62. The molecule has 2 heteroatoms. The maximum absolute atomic E-state index is 12.2. The molecule has 120 valence electrons. The molecule has 0 aromatic heterocycles. The van der Waals surface area contributed by atoms with Gasteiger partial charge < -0.3 is 4.74 Å². The zero-order valence-corrected chi connectivity index (χ0v) is 14.2. The van der Waals surface area contributed by atoms with E-state index in [2.05, 4.69) is 45.6 Å². The summed E-state index contributed by atoms with van der Waals surface area (Å²) in [6.45, 7) is 11.1. The summed E-state index contributed by atoms with van der Waals surface area (Å²) in [4.78, 5) is 12.2. The van der Waals surface area contributed by atoms with Crippen LogP contribution in [0.1, 0.15) is 52.9 Å². The fourth-order valence-electron chi connectivity index (χ4n) is 3.32. The lowest BCUT2D eigenvalue weighted by Crippen LogP contribution is -2.34. The molecule has 22 heavy (non-hydrogen) atoms. The topological polar surface area (TPSA) is 26.3 Å². The first-order valence-electron chi connectivity index (χ1n) is 8.33. The van der Waals surface area contributed by atoms with Gasteiger partial charge in [-0.15, -0.1) is 0 Å². The molecule has 0 saturated carbocycles. The Hall–Kier alpha value is -1.57. The van der Waals surface area contributed by atoms with E-state index in [1.807, 2.05) is 0 Å². The van der Waals surface area contributed by atoms with Gasteiger partial charge in [0.15, 0.2) is 0 Å². The highest BCUT2D eigenvalue weighted by molar-refractivity contribution is 5.90. The molecule has 1 fully saturated rings. The van der Waals surface area contributed by atoms with Crippen molar-refractivity contribution in [3.05, 3.63) is 47.1 Å². The first kappa shape index (κ1) is 16.8. The van der Waals surface area contributed by atoms with Crippen LogP contribution in [0.15, 0.2) is 47.1 Å². The first-order valence-corrected chi connectivity index (χ1v) is 8.33. The number of carbonyl (C=O) groups is 1. The Morgan fingerprint density at radius 3 is 2.86 bits per heavy atom. The lowest BCUT2D eigenvalue weighted by atomic mass is 9.76. The Labute approximate surface area is 134 Å². The van der Waals surface area contributed by atoms with Crippen molar-refractivity contribution in [2.45, 2.75) is 52.9 Å². The number of allylic oxidation sites excluding steroid dienone is 5. The molecule has 0 spiro atoms. The van der Waals surface area contributed by atoms with Crippen LogP contribution in [-0.4, -0.2) is 12.6 Å². The van der Waals surface area contributed by atoms with E-state index < -0.39 is 0 Å². The second-order valence-corrected chi connectivity index (χ2v) is 6.77. The number of esters is 1. The molecule has 1 aliphatic heterocycles. The van der Waals surface area contributed by atoms with Gasteiger partial charge in [-0.2, -0.15) is 0 Å². The number of cyclic esters (lactones) is 1. The molecule has 2 atom stereocenters. The van der Waals surface area contributed by atoms with Crippen molar-refractivity contribution in [3.8, 4) is 0 Å². The van der Waals surface area contributed by atoms with Crippen molar-refractivity contribution in [3.63, 3.8) is 0 Å². The van der Waals surface area contributed by atoms with Crippen LogP contribution in [0.4, 0.5) is 0 Å². The molecular formula is C20H28O2. The lowest BCUT2D eigenvalue weighted by Gasteiger charge is -2.34. The van der Waals surface area contributed by atoms with Crippen molar-refractivity contribution in [2.24, 2.45) is 11.8 Å². The Morgan fingerprint density at radius 1 is 1.36 bits per heavy atom. The number of hydrogen-bond acceptors (Lipinski definition) is 2. The summed E-state index contributed by atoms with van der Waals surface area (Å²) in [6.07, 6.45) is 11.5. The van der Waals surface area contributed by atoms with E-state index in [1.165, 1.54) is 16.7 Å². The van der Waals surface area contributed by atoms with Crippen molar-refractivity contribution in [2.75, 3.05) is 6.61 Å². The van der Waals surface area contributed by atoms with Crippen LogP contribution in [0, 0.1) is 11.8 Å². The van der Waals surface area contributed by atoms with Crippen molar-refractivity contribution < 1.29 is 9.53 Å². The smallest absolute Gasteiger partial charge is 0.334 e. The highest BCUT2D eigenvalue weighted by Crippen LogP contribution is 2.38. The van der Waals surface area contributed by atoms with Gasteiger partial charge in [0.25, 0.3) is 0 Å². The van der Waals surface area contributed by atoms with Crippen LogP contribution in [0.5, 0.6) is 0 Å². The average Bonchev–Trinajstić information content (AvgIpc) is 2.52. The van der Waals surface area contributed by atoms with Gasteiger partial charge >= 0.3 is 5.97 Å². The third kappa shape index (κ3) is 4.22. The quantitative estimate of drug-likeness (QED) is 0.401. The number of carbonyl (C=O) groups excluding carboxylic acids is 1. The molecule has 1 saturated heterocycles. The molecule has 1 heterocycles. The van der Waals surface area contributed by atoms with Crippen LogP contribution in [0.3, 0.4) is 0 Å². The van der Waals surface area contributed by atoms with E-state index in [9.17, 15) is 4.79 Å². The van der Waals surface area contributed by atoms with Crippen LogP contribution in [-0.2, 0) is 9.53 Å². The molecular weight excluding hydrogens is 272 g/mol. The van der Waals surface area contributed by atoms with Gasteiger partial charge in [-0.1, -0.05) is 41.5 Å². The van der Waals surface area contributed by atoms with E-state index in [1.54, 1.807) is 0 Å². The van der Waals surface area contributed by atoms with E-state index in [4.69, 9.17) is 4.74 Å². The summed E-state index contributed by atoms with van der Waals surface area (Å²) in [6, 6.07) is 0. The van der Waals surface area contributed by atoms with E-state index in [-0.39, 0.29) is 17.8 Å². The lowest BCUT2D eigenvalue weighted by molar-refractivity contribution is -0.144. The molecule has 0 aromatic rings. The van der Waals surface area contributed by atoms with Crippen molar-refractivity contribution in [1.82, 2.24) is 0 Å². The molecule has 0 aromatic carbocycles. The van der Waals surface area contributed by atoms with Gasteiger partial charge in [0.2, 0.25) is 0 Å². The second-order valence-electron chi connectivity index (χ2n) is 6.77. The largest absolute Gasteiger partial charge is 0.462 e. The molecule has 0 radical (unpaired) electrons. The number of rotatable bonds is 2. The van der Waals surface area contributed by atoms with Gasteiger partial charge in [0.1, 0.15) is 0 Å². The number of fused-ring (bicyclic) bond motifs is 1. The summed E-state index contributed by atoms with van der Waals surface area (Å²) >= 11 is 0. The molecule has 0 N–H and O–H groups in total. The van der Waals surface area contributed by atoms with E-state index >= 15 is 0 Å². The minimum atomic E-state index is -0.128. The summed E-state index contributed by atoms with van der Waals surface area (Å²) in [5.74, 6) is 0.424. The number of ether oxygens (including phenoxy) is 1. The molecule has 2 aliphatic rings. The van der Waals surface area contributed by atoms with Gasteiger partial charge in [0, 0.05) is 17.4 Å². The monoisotopic (exact) mass is 300 g/mol. The zero-order chi connectivity index (χ0) is 16.1. The fraction of sp³-hybridized carbons (Fsp3) is 0.550. The summed E-state index contributed by atoms with van der Waals surface area (Å²) in [7, 11) is 0. The highest BCUT2D eigenvalue weighted by atomic mass is 16.5. The highest BCUT2D eigenvalue weighted by Gasteiger charge is 2.36. The minimum absolute atomic E-state index is 0.128. The molecule has 1 aliphatic carbocycles. The summed E-state index contributed by atoms with van der Waals surface area (Å²) in [5.41, 5.74) is 4.80. The van der Waals surface area contributed by atoms with Crippen LogP contribution in [0.25, 0.3) is 0 Å². The SMILES string of the molecule is C=C1CC/C=C(\C)CCC2/C(=C\CC=C(C)C)C(=O)OC[C@@H]12. The van der Waals surface area contributed by atoms with E-state index in [0.29, 0.717) is 6.61 Å². The Kier molecular flexibility index (Phi) is 5.82. The van der Waals surface area contributed by atoms with Crippen molar-refractivity contribution in [1.29, 1.82) is 0 Å². The average molecular weight is 300 g/mol. The maximum atomic E-state index is 12.2. The van der Waals surface area contributed by atoms with Crippen LogP contribution >= 0.6 is 0 Å². The summed E-state index contributed by atoms with van der Waals surface area (Å²) < 4.78 is 5.45. The standard InChI is InChI=1S/C20H28O2/c1-14(2)7-5-10-18-17-12-11-15(3)8-6-9-16(4)19(17)13-22-20(18)21/h7-8,10,17,19H,4-6,9,11-13H2,1-3H3/b15-8+,18-10+/t17?,19-/m0/s1. The number of hydrogen-bond donors (Lipinski definition) is 0. The van der Waals surface area contributed by atoms with Gasteiger partial charge in [0.05, 0.1) is 6.61 Å². The van der Waals surface area contributed by atoms with E-state index in [0.717, 1.165) is 37.7 Å². The molecule has 2 nitrogen and oxygen atoms in total. The third-order valence-electron chi connectivity index (χ3n) is 4.71.